The molecule has 8 N–H and O–H groups in total. The Kier molecular flexibility index (Phi) is 10.8. The first-order valence-electron chi connectivity index (χ1n) is 10.1. The van der Waals surface area contributed by atoms with Gasteiger partial charge in [-0.3, -0.25) is 20.6 Å². The predicted molar refractivity (Wildman–Crippen MR) is 134 cm³/mol. The number of hydrogen-bond donors (Lipinski definition) is 6. The molecule has 0 aromatic heterocycles. The molecule has 0 bridgehead atoms. The Morgan fingerprint density at radius 1 is 0.667 bits per heavy atom. The van der Waals surface area contributed by atoms with Gasteiger partial charge in [0.1, 0.15) is 0 Å². The van der Waals surface area contributed by atoms with Crippen molar-refractivity contribution in [2.24, 2.45) is 21.5 Å². The molecular weight excluding hydrogens is 467 g/mol. The minimum Gasteiger partial charge on any atom is -0.370 e. The lowest BCUT2D eigenvalue weighted by Crippen LogP contribution is -2.39. The monoisotopic (exact) mass is 492 g/mol. The number of unbranched alkanes of at least 4 members (excludes halogenated alkanes) is 2. The summed E-state index contributed by atoms with van der Waals surface area (Å²) in [6.07, 6.45) is 2.32. The Morgan fingerprint density at radius 2 is 1.03 bits per heavy atom. The third-order valence-electron chi connectivity index (χ3n) is 4.07. The van der Waals surface area contributed by atoms with Crippen molar-refractivity contribution in [3.8, 4) is 0 Å². The van der Waals surface area contributed by atoms with Crippen LogP contribution in [0.5, 0.6) is 0 Å². The molecule has 2 aromatic rings. The van der Waals surface area contributed by atoms with E-state index < -0.39 is 12.1 Å². The summed E-state index contributed by atoms with van der Waals surface area (Å²) in [6.45, 7) is 0.905. The normalized spacial score (nSPS) is 11.6. The number of rotatable bonds is 8. The van der Waals surface area contributed by atoms with Crippen LogP contribution in [0.3, 0.4) is 0 Å². The number of nitrogens with one attached hydrogen (secondary N) is 4. The second-order valence-corrected chi connectivity index (χ2v) is 7.64. The molecule has 0 radical (unpaired) electrons. The molecule has 0 unspecified atom stereocenters. The number of halogens is 2. The number of nitrogens with two attached hydrogens (primary N) is 2. The summed E-state index contributed by atoms with van der Waals surface area (Å²) in [7, 11) is 0. The first-order valence-corrected chi connectivity index (χ1v) is 10.8. The SMILES string of the molecule is NC(=NCCCCCN=C(N)NC(=O)Nc1ccc(Cl)cc1)NC(=O)Nc1ccc(Cl)cc1. The molecule has 176 valence electrons. The number of guanidine groups is 2. The lowest BCUT2D eigenvalue weighted by Gasteiger charge is -2.07. The molecular formula is C21H26Cl2N8O2. The van der Waals surface area contributed by atoms with Crippen LogP contribution in [-0.4, -0.2) is 37.1 Å². The maximum atomic E-state index is 11.9. The van der Waals surface area contributed by atoms with E-state index in [0.717, 1.165) is 19.3 Å². The number of carbonyl (C=O) groups excluding carboxylic acids is 2. The molecule has 0 aliphatic carbocycles. The molecule has 10 nitrogen and oxygen atoms in total. The van der Waals surface area contributed by atoms with E-state index in [1.54, 1.807) is 48.5 Å². The van der Waals surface area contributed by atoms with Gasteiger partial charge < -0.3 is 22.1 Å². The fraction of sp³-hybridized carbons (Fsp3) is 0.238. The number of anilines is 2. The maximum absolute atomic E-state index is 11.9. The highest BCUT2D eigenvalue weighted by Gasteiger charge is 2.04. The zero-order chi connectivity index (χ0) is 24.1. The fourth-order valence-electron chi connectivity index (χ4n) is 2.50. The van der Waals surface area contributed by atoms with Crippen LogP contribution in [0.2, 0.25) is 10.0 Å². The zero-order valence-electron chi connectivity index (χ0n) is 17.8. The van der Waals surface area contributed by atoms with Crippen molar-refractivity contribution in [2.75, 3.05) is 23.7 Å². The number of urea groups is 2. The van der Waals surface area contributed by atoms with Gasteiger partial charge in [-0.25, -0.2) is 9.59 Å². The quantitative estimate of drug-likeness (QED) is 0.188. The standard InChI is InChI=1S/C21H26Cl2N8O2/c22-14-4-8-16(9-5-14)28-20(32)30-18(24)26-12-2-1-3-13-27-19(25)31-21(33)29-17-10-6-15(23)7-11-17/h4-11H,1-3,12-13H2,(H4,24,26,28,30,32)(H4,25,27,29,31,33). The van der Waals surface area contributed by atoms with Gasteiger partial charge in [-0.2, -0.15) is 0 Å². The highest BCUT2D eigenvalue weighted by molar-refractivity contribution is 6.31. The molecule has 0 aliphatic rings. The van der Waals surface area contributed by atoms with Crippen molar-refractivity contribution in [1.82, 2.24) is 10.6 Å². The van der Waals surface area contributed by atoms with E-state index in [1.807, 2.05) is 0 Å². The van der Waals surface area contributed by atoms with E-state index in [0.29, 0.717) is 34.5 Å². The number of carbonyl (C=O) groups is 2. The van der Waals surface area contributed by atoms with Crippen LogP contribution >= 0.6 is 23.2 Å². The number of benzene rings is 2. The molecule has 0 atom stereocenters. The van der Waals surface area contributed by atoms with Gasteiger partial charge in [-0.05, 0) is 67.8 Å². The Labute approximate surface area is 201 Å². The number of hydrogen-bond acceptors (Lipinski definition) is 4. The van der Waals surface area contributed by atoms with Gasteiger partial charge >= 0.3 is 12.1 Å². The van der Waals surface area contributed by atoms with Gasteiger partial charge in [0.05, 0.1) is 0 Å². The molecule has 12 heteroatoms. The molecule has 0 heterocycles. The van der Waals surface area contributed by atoms with Crippen LogP contribution in [0, 0.1) is 0 Å². The molecule has 0 saturated heterocycles. The topological polar surface area (TPSA) is 159 Å². The third kappa shape index (κ3) is 11.1. The summed E-state index contributed by atoms with van der Waals surface area (Å²) < 4.78 is 0. The summed E-state index contributed by atoms with van der Waals surface area (Å²) in [5, 5.41) is 11.3. The maximum Gasteiger partial charge on any atom is 0.325 e. The highest BCUT2D eigenvalue weighted by Crippen LogP contribution is 2.13. The summed E-state index contributed by atoms with van der Waals surface area (Å²) in [5.41, 5.74) is 12.6. The van der Waals surface area contributed by atoms with E-state index in [4.69, 9.17) is 34.7 Å². The van der Waals surface area contributed by atoms with Crippen molar-refractivity contribution in [3.05, 3.63) is 58.6 Å². The molecule has 0 saturated carbocycles. The van der Waals surface area contributed by atoms with Crippen LogP contribution in [0.15, 0.2) is 58.5 Å². The minimum atomic E-state index is -0.490. The van der Waals surface area contributed by atoms with Crippen LogP contribution in [0.4, 0.5) is 21.0 Å². The van der Waals surface area contributed by atoms with Crippen LogP contribution in [0.1, 0.15) is 19.3 Å². The zero-order valence-corrected chi connectivity index (χ0v) is 19.3. The first-order chi connectivity index (χ1) is 15.8. The van der Waals surface area contributed by atoms with E-state index in [9.17, 15) is 9.59 Å². The van der Waals surface area contributed by atoms with Crippen LogP contribution < -0.4 is 32.7 Å². The van der Waals surface area contributed by atoms with Crippen molar-refractivity contribution < 1.29 is 9.59 Å². The Balaban J connectivity index is 1.57. The highest BCUT2D eigenvalue weighted by atomic mass is 35.5. The average Bonchev–Trinajstić information content (AvgIpc) is 2.76. The van der Waals surface area contributed by atoms with Gasteiger partial charge in [0.2, 0.25) is 0 Å². The molecule has 0 aliphatic heterocycles. The van der Waals surface area contributed by atoms with Gasteiger partial charge in [-0.1, -0.05) is 23.2 Å². The van der Waals surface area contributed by atoms with E-state index >= 15 is 0 Å². The first kappa shape index (κ1) is 25.8. The van der Waals surface area contributed by atoms with Gasteiger partial charge in [0, 0.05) is 34.5 Å². The predicted octanol–water partition coefficient (Wildman–Crippen LogP) is 3.74. The second kappa shape index (κ2) is 13.8. The van der Waals surface area contributed by atoms with Gasteiger partial charge in [0.25, 0.3) is 0 Å². The fourth-order valence-corrected chi connectivity index (χ4v) is 2.75. The van der Waals surface area contributed by atoms with Crippen LogP contribution in [0.25, 0.3) is 0 Å². The molecule has 2 aromatic carbocycles. The minimum absolute atomic E-state index is 0.0274. The van der Waals surface area contributed by atoms with E-state index in [2.05, 4.69) is 31.3 Å². The van der Waals surface area contributed by atoms with Crippen molar-refractivity contribution in [1.29, 1.82) is 0 Å². The Morgan fingerprint density at radius 3 is 1.39 bits per heavy atom. The lowest BCUT2D eigenvalue weighted by atomic mass is 10.2. The summed E-state index contributed by atoms with van der Waals surface area (Å²) in [5.74, 6) is 0.0549. The molecule has 33 heavy (non-hydrogen) atoms. The largest absolute Gasteiger partial charge is 0.370 e. The lowest BCUT2D eigenvalue weighted by molar-refractivity contribution is 0.255. The van der Waals surface area contributed by atoms with Crippen molar-refractivity contribution in [3.63, 3.8) is 0 Å². The van der Waals surface area contributed by atoms with Crippen LogP contribution in [-0.2, 0) is 0 Å². The molecule has 2 rings (SSSR count). The third-order valence-corrected chi connectivity index (χ3v) is 4.57. The molecule has 4 amide bonds. The number of amides is 4. The second-order valence-electron chi connectivity index (χ2n) is 6.77. The molecule has 0 spiro atoms. The van der Waals surface area contributed by atoms with Crippen molar-refractivity contribution in [2.45, 2.75) is 19.3 Å². The Hall–Kier alpha value is -3.50. The van der Waals surface area contributed by atoms with Gasteiger partial charge in [0.15, 0.2) is 11.9 Å². The number of nitrogens with zero attached hydrogens (tertiary/aromatic N) is 2. The van der Waals surface area contributed by atoms with E-state index in [-0.39, 0.29) is 11.9 Å². The molecule has 0 fully saturated rings. The summed E-state index contributed by atoms with van der Waals surface area (Å²) >= 11 is 11.6. The van der Waals surface area contributed by atoms with Gasteiger partial charge in [-0.15, -0.1) is 0 Å². The summed E-state index contributed by atoms with van der Waals surface area (Å²) in [6, 6.07) is 12.4. The number of aliphatic imine (C=N–C) groups is 2. The van der Waals surface area contributed by atoms with Crippen molar-refractivity contribution >= 4 is 58.6 Å². The van der Waals surface area contributed by atoms with E-state index in [1.165, 1.54) is 0 Å². The Bertz CT molecular complexity index is 899. The average molecular weight is 493 g/mol. The summed E-state index contributed by atoms with van der Waals surface area (Å²) in [4.78, 5) is 31.9. The smallest absolute Gasteiger partial charge is 0.325 e.